The molecule has 1 aromatic heterocycles. The molecule has 6 fully saturated rings. The van der Waals surface area contributed by atoms with Crippen molar-refractivity contribution in [3.8, 4) is 11.6 Å². The molecule has 1 aromatic carbocycles. The first-order valence-corrected chi connectivity index (χ1v) is 25.6. The molecule has 4 aliphatic carbocycles. The number of carbonyl (C=O) groups excluding carboxylic acids is 4. The quantitative estimate of drug-likeness (QED) is 0.237. The number of alkyl carbamates (subject to hydrolysis) is 1. The topological polar surface area (TPSA) is 186 Å². The van der Waals surface area contributed by atoms with Crippen LogP contribution in [0.2, 0.25) is 0 Å². The number of hydrogen-bond donors (Lipinski definition) is 3. The first-order valence-electron chi connectivity index (χ1n) is 24.1. The number of amides is 4. The number of ether oxygens (including phenoxy) is 3. The minimum absolute atomic E-state index is 0.0183. The Labute approximate surface area is 381 Å². The summed E-state index contributed by atoms with van der Waals surface area (Å²) >= 11 is 0. The summed E-state index contributed by atoms with van der Waals surface area (Å²) in [5.41, 5.74) is -0.0930. The van der Waals surface area contributed by atoms with E-state index in [2.05, 4.69) is 26.8 Å². The number of nitrogens with one attached hydrogen (secondary N) is 3. The Morgan fingerprint density at radius 3 is 2.43 bits per heavy atom. The normalized spacial score (nSPS) is 31.1. The average Bonchev–Trinajstić information content (AvgIpc) is 4.26. The number of alkyl halides is 1. The van der Waals surface area contributed by atoms with Gasteiger partial charge in [0.1, 0.15) is 48.4 Å². The molecule has 4 amide bonds. The highest BCUT2D eigenvalue weighted by atomic mass is 32.2. The van der Waals surface area contributed by atoms with Gasteiger partial charge in [-0.2, -0.15) is 0 Å². The van der Waals surface area contributed by atoms with E-state index in [1.54, 1.807) is 6.92 Å². The van der Waals surface area contributed by atoms with Crippen LogP contribution in [0.25, 0.3) is 10.9 Å². The number of benzene rings is 1. The van der Waals surface area contributed by atoms with E-state index < -0.39 is 74.9 Å². The average molecular weight is 921 g/mol. The van der Waals surface area contributed by atoms with Gasteiger partial charge in [-0.1, -0.05) is 50.3 Å². The fraction of sp³-hybridized carbons (Fsp3) is 0.688. The molecule has 1 unspecified atom stereocenters. The molecule has 65 heavy (non-hydrogen) atoms. The first-order chi connectivity index (χ1) is 31.3. The van der Waals surface area contributed by atoms with Crippen LogP contribution < -0.4 is 24.8 Å². The van der Waals surface area contributed by atoms with E-state index in [0.29, 0.717) is 55.8 Å². The van der Waals surface area contributed by atoms with Crippen LogP contribution in [-0.2, 0) is 35.6 Å². The van der Waals surface area contributed by atoms with Crippen LogP contribution in [0.3, 0.4) is 0 Å². The lowest BCUT2D eigenvalue weighted by Gasteiger charge is -2.34. The van der Waals surface area contributed by atoms with Crippen LogP contribution in [0.1, 0.15) is 115 Å². The van der Waals surface area contributed by atoms with Crippen molar-refractivity contribution in [3.63, 3.8) is 0 Å². The molecular weight excluding hydrogens is 856 g/mol. The monoisotopic (exact) mass is 920 g/mol. The number of sulfonamides is 1. The number of hydrogen-bond acceptors (Lipinski definition) is 11. The summed E-state index contributed by atoms with van der Waals surface area (Å²) in [5, 5.41) is 6.71. The zero-order valence-electron chi connectivity index (χ0n) is 37.6. The highest BCUT2D eigenvalue weighted by Crippen LogP contribution is 2.48. The second kappa shape index (κ2) is 18.6. The minimum Gasteiger partial charge on any atom is -0.489 e. The summed E-state index contributed by atoms with van der Waals surface area (Å²) < 4.78 is 60.7. The van der Waals surface area contributed by atoms with Crippen LogP contribution in [0.15, 0.2) is 36.9 Å². The van der Waals surface area contributed by atoms with Crippen LogP contribution in [0, 0.1) is 17.8 Å². The maximum atomic E-state index is 15.1. The maximum absolute atomic E-state index is 15.1. The van der Waals surface area contributed by atoms with Gasteiger partial charge in [-0.15, -0.1) is 6.58 Å². The number of fused-ring (bicyclic) bond motifs is 5. The Morgan fingerprint density at radius 2 is 1.72 bits per heavy atom. The van der Waals surface area contributed by atoms with Gasteiger partial charge in [0, 0.05) is 37.4 Å². The third-order valence-corrected chi connectivity index (χ3v) is 17.6. The van der Waals surface area contributed by atoms with Gasteiger partial charge in [-0.3, -0.25) is 19.1 Å². The van der Waals surface area contributed by atoms with Crippen molar-refractivity contribution in [2.75, 3.05) is 32.9 Å². The van der Waals surface area contributed by atoms with E-state index in [1.165, 1.54) is 11.0 Å². The predicted octanol–water partition coefficient (Wildman–Crippen LogP) is 5.64. The maximum Gasteiger partial charge on any atom is 0.408 e. The van der Waals surface area contributed by atoms with Crippen molar-refractivity contribution in [2.24, 2.45) is 17.8 Å². The first kappa shape index (κ1) is 45.6. The molecule has 0 spiro atoms. The molecule has 0 radical (unpaired) electrons. The van der Waals surface area contributed by atoms with E-state index in [1.807, 2.05) is 24.3 Å². The third-order valence-electron chi connectivity index (χ3n) is 15.4. The van der Waals surface area contributed by atoms with E-state index in [4.69, 9.17) is 19.2 Å². The zero-order chi connectivity index (χ0) is 45.5. The molecule has 4 heterocycles. The highest BCUT2D eigenvalue weighted by Gasteiger charge is 2.63. The second-order valence-corrected chi connectivity index (χ2v) is 22.2. The number of carbonyl (C=O) groups is 4. The number of piperidine rings is 1. The Morgan fingerprint density at radius 1 is 1.00 bits per heavy atom. The number of rotatable bonds is 11. The Hall–Kier alpha value is -4.51. The molecule has 7 atom stereocenters. The zero-order valence-corrected chi connectivity index (χ0v) is 38.4. The number of likely N-dealkylation sites (tertiary alicyclic amines) is 1. The van der Waals surface area contributed by atoms with Gasteiger partial charge in [-0.25, -0.2) is 22.6 Å². The number of para-hydroxylation sites is 1. The highest BCUT2D eigenvalue weighted by molar-refractivity contribution is 7.91. The number of nitrogens with zero attached hydrogens (tertiary/aromatic N) is 3. The van der Waals surface area contributed by atoms with Crippen molar-refractivity contribution in [1.29, 1.82) is 0 Å². The molecule has 354 valence electrons. The molecule has 9 rings (SSSR count). The van der Waals surface area contributed by atoms with Gasteiger partial charge in [0.25, 0.3) is 5.91 Å². The molecular formula is C48H65FN6O9S. The van der Waals surface area contributed by atoms with Gasteiger partial charge < -0.3 is 34.6 Å². The summed E-state index contributed by atoms with van der Waals surface area (Å²) in [4.78, 5) is 66.1. The largest absolute Gasteiger partial charge is 0.489 e. The molecule has 2 saturated heterocycles. The lowest BCUT2D eigenvalue weighted by atomic mass is 9.83. The van der Waals surface area contributed by atoms with E-state index in [0.717, 1.165) is 88.2 Å². The van der Waals surface area contributed by atoms with E-state index in [9.17, 15) is 27.2 Å². The van der Waals surface area contributed by atoms with Crippen LogP contribution >= 0.6 is 0 Å². The number of pyridine rings is 1. The lowest BCUT2D eigenvalue weighted by Crippen LogP contribution is -2.59. The molecule has 2 bridgehead atoms. The van der Waals surface area contributed by atoms with Crippen molar-refractivity contribution < 1.29 is 46.2 Å². The number of halogens is 1. The fourth-order valence-electron chi connectivity index (χ4n) is 10.7. The summed E-state index contributed by atoms with van der Waals surface area (Å²) in [5.74, 6) is -1.33. The van der Waals surface area contributed by atoms with E-state index in [-0.39, 0.29) is 43.4 Å². The van der Waals surface area contributed by atoms with Crippen LogP contribution in [0.4, 0.5) is 9.18 Å². The molecule has 3 N–H and O–H groups in total. The molecule has 3 aliphatic heterocycles. The van der Waals surface area contributed by atoms with Crippen molar-refractivity contribution >= 4 is 44.7 Å². The third kappa shape index (κ3) is 9.68. The van der Waals surface area contributed by atoms with E-state index >= 15 is 4.79 Å². The van der Waals surface area contributed by atoms with Gasteiger partial charge in [0.15, 0.2) is 0 Å². The van der Waals surface area contributed by atoms with Crippen LogP contribution in [-0.4, -0.2) is 121 Å². The van der Waals surface area contributed by atoms with Crippen molar-refractivity contribution in [1.82, 2.24) is 30.1 Å². The molecule has 17 heteroatoms. The minimum atomic E-state index is -4.02. The Bertz CT molecular complexity index is 2260. The van der Waals surface area contributed by atoms with Gasteiger partial charge in [0.2, 0.25) is 27.7 Å². The molecule has 7 aliphatic rings. The second-order valence-electron chi connectivity index (χ2n) is 20.0. The van der Waals surface area contributed by atoms with Crippen molar-refractivity contribution in [2.45, 2.75) is 157 Å². The Kier molecular flexibility index (Phi) is 13.1. The lowest BCUT2D eigenvalue weighted by molar-refractivity contribution is -0.142. The smallest absolute Gasteiger partial charge is 0.408 e. The fourth-order valence-corrected chi connectivity index (χ4v) is 12.0. The van der Waals surface area contributed by atoms with Crippen molar-refractivity contribution in [3.05, 3.63) is 42.5 Å². The molecule has 2 aromatic rings. The summed E-state index contributed by atoms with van der Waals surface area (Å²) in [7, 11) is -4.02. The molecule has 4 saturated carbocycles. The summed E-state index contributed by atoms with van der Waals surface area (Å²) in [6.45, 7) is 6.89. The van der Waals surface area contributed by atoms with Gasteiger partial charge in [-0.05, 0) is 102 Å². The SMILES string of the molecule is C=C[C@@H]1C[C@]1(NC(=O)[C@@H]1C[C@@H]2CN1C(=O)[C@H](C1CCCCC1)NC(=O)O[C@@H]1CC1CCCCCc1c(nc3ccccc3c1OC1CCN(CCF)CC1)O2)C(=O)NS(=O)(=O)C1(C)CC1. The predicted molar refractivity (Wildman–Crippen MR) is 240 cm³/mol. The van der Waals surface area contributed by atoms with Gasteiger partial charge >= 0.3 is 6.09 Å². The standard InChI is InChI=1S/C48H65FN6O9S/c1-3-32-28-48(32,45(58)53-65(60,61)47(2)20-21-47)52-42(56)38-27-34-29-55(38)44(57)40(30-12-6-4-7-13-30)51-46(59)64-39-26-31(39)14-8-5-9-16-36-41(62-33-18-23-54(24-19-33)25-22-49)35-15-10-11-17-37(35)50-43(36)63-34/h3,10-11,15,17,30-34,38-40H,1,4-9,12-14,16,18-29H2,2H3,(H,51,59)(H,52,56)(H,53,58)/t31?,32-,34-,38+,39-,40+,48-/m1/s1. The van der Waals surface area contributed by atoms with Crippen LogP contribution in [0.5, 0.6) is 11.6 Å². The molecule has 15 nitrogen and oxygen atoms in total. The Balaban J connectivity index is 1.06. The summed E-state index contributed by atoms with van der Waals surface area (Å²) in [6.07, 6.45) is 11.5. The van der Waals surface area contributed by atoms with Gasteiger partial charge in [0.05, 0.1) is 22.4 Å². The number of aromatic nitrogens is 1. The summed E-state index contributed by atoms with van der Waals surface area (Å²) in [6, 6.07) is 5.66.